The van der Waals surface area contributed by atoms with Crippen LogP contribution in [0, 0.1) is 0 Å². The number of halogens is 4. The first-order valence-electron chi connectivity index (χ1n) is 6.31. The number of carbonyl (C=O) groups is 1. The molecule has 1 amide bonds. The Labute approximate surface area is 118 Å². The van der Waals surface area contributed by atoms with Crippen LogP contribution >= 0.6 is 0 Å². The van der Waals surface area contributed by atoms with Crippen LogP contribution in [0.15, 0.2) is 24.3 Å². The van der Waals surface area contributed by atoms with Crippen molar-refractivity contribution in [1.29, 1.82) is 0 Å². The van der Waals surface area contributed by atoms with E-state index in [9.17, 15) is 22.4 Å². The van der Waals surface area contributed by atoms with Crippen molar-refractivity contribution in [3.05, 3.63) is 24.3 Å². The first kappa shape index (κ1) is 15.6. The van der Waals surface area contributed by atoms with E-state index >= 15 is 0 Å². The topological polar surface area (TPSA) is 41.6 Å². The molecule has 1 aromatic carbocycles. The fraction of sp³-hybridized carbons (Fsp3) is 0.462. The summed E-state index contributed by atoms with van der Waals surface area (Å²) < 4.78 is 54.9. The van der Waals surface area contributed by atoms with Crippen molar-refractivity contribution < 1.29 is 27.1 Å². The number of amides is 1. The molecule has 1 N–H and O–H groups in total. The molecule has 21 heavy (non-hydrogen) atoms. The number of rotatable bonds is 4. The summed E-state index contributed by atoms with van der Waals surface area (Å²) in [5.41, 5.74) is 0.884. The van der Waals surface area contributed by atoms with Gasteiger partial charge in [-0.05, 0) is 24.3 Å². The van der Waals surface area contributed by atoms with E-state index in [1.165, 1.54) is 12.1 Å². The summed E-state index contributed by atoms with van der Waals surface area (Å²) in [5, 5.41) is 1.78. The maximum Gasteiger partial charge on any atom is 0.383 e. The Bertz CT molecular complexity index is 487. The molecule has 0 radical (unpaired) electrons. The van der Waals surface area contributed by atoms with Crippen LogP contribution in [0.1, 0.15) is 0 Å². The number of nitrogens with one attached hydrogen (secondary N) is 1. The lowest BCUT2D eigenvalue weighted by Crippen LogP contribution is -2.41. The molecule has 0 saturated carbocycles. The molecular weight excluding hydrogens is 292 g/mol. The number of hydrogen-bond acceptors (Lipinski definition) is 3. The van der Waals surface area contributed by atoms with Crippen molar-refractivity contribution in [3.63, 3.8) is 0 Å². The quantitative estimate of drug-likeness (QED) is 0.868. The molecule has 1 fully saturated rings. The van der Waals surface area contributed by atoms with Crippen molar-refractivity contribution in [3.8, 4) is 0 Å². The van der Waals surface area contributed by atoms with Crippen LogP contribution in [-0.2, 0) is 9.53 Å². The lowest BCUT2D eigenvalue weighted by molar-refractivity contribution is -0.163. The second-order valence-electron chi connectivity index (χ2n) is 4.52. The van der Waals surface area contributed by atoms with Gasteiger partial charge in [0.15, 0.2) is 0 Å². The zero-order valence-corrected chi connectivity index (χ0v) is 11.0. The summed E-state index contributed by atoms with van der Waals surface area (Å²) in [6.45, 7) is 2.60. The third-order valence-corrected chi connectivity index (χ3v) is 3.08. The summed E-state index contributed by atoms with van der Waals surface area (Å²) in [4.78, 5) is 13.1. The standard InChI is InChI=1S/C13H14F4N2O2/c14-11(15)13(16,17)12(20)18-9-1-3-10(4-2-9)19-5-7-21-8-6-19/h1-4,11H,5-8H2,(H,18,20). The third-order valence-electron chi connectivity index (χ3n) is 3.08. The highest BCUT2D eigenvalue weighted by Gasteiger charge is 2.48. The van der Waals surface area contributed by atoms with Gasteiger partial charge in [-0.15, -0.1) is 0 Å². The average Bonchev–Trinajstić information content (AvgIpc) is 2.48. The van der Waals surface area contributed by atoms with Crippen LogP contribution in [0.2, 0.25) is 0 Å². The lowest BCUT2D eigenvalue weighted by Gasteiger charge is -2.29. The van der Waals surface area contributed by atoms with E-state index in [0.717, 1.165) is 5.69 Å². The molecule has 1 saturated heterocycles. The number of nitrogens with zero attached hydrogens (tertiary/aromatic N) is 1. The highest BCUT2D eigenvalue weighted by Crippen LogP contribution is 2.25. The van der Waals surface area contributed by atoms with Gasteiger partial charge >= 0.3 is 18.3 Å². The number of carbonyl (C=O) groups excluding carboxylic acids is 1. The second-order valence-corrected chi connectivity index (χ2v) is 4.52. The van der Waals surface area contributed by atoms with Gasteiger partial charge in [0.2, 0.25) is 0 Å². The maximum absolute atomic E-state index is 12.8. The monoisotopic (exact) mass is 306 g/mol. The Hall–Kier alpha value is -1.83. The summed E-state index contributed by atoms with van der Waals surface area (Å²) in [6, 6.07) is 6.04. The molecule has 1 heterocycles. The Morgan fingerprint density at radius 1 is 1.19 bits per heavy atom. The average molecular weight is 306 g/mol. The predicted molar refractivity (Wildman–Crippen MR) is 69.1 cm³/mol. The van der Waals surface area contributed by atoms with Crippen LogP contribution in [0.5, 0.6) is 0 Å². The van der Waals surface area contributed by atoms with Gasteiger partial charge in [-0.1, -0.05) is 0 Å². The van der Waals surface area contributed by atoms with Crippen molar-refractivity contribution in [2.45, 2.75) is 12.3 Å². The second kappa shape index (κ2) is 6.30. The summed E-state index contributed by atoms with van der Waals surface area (Å²) in [7, 11) is 0. The largest absolute Gasteiger partial charge is 0.383 e. The van der Waals surface area contributed by atoms with E-state index in [2.05, 4.69) is 0 Å². The molecule has 1 aliphatic rings. The minimum absolute atomic E-state index is 0.0392. The van der Waals surface area contributed by atoms with Crippen molar-refractivity contribution in [1.82, 2.24) is 0 Å². The number of ether oxygens (including phenoxy) is 1. The van der Waals surface area contributed by atoms with E-state index in [1.807, 2.05) is 4.90 Å². The molecule has 0 aromatic heterocycles. The van der Waals surface area contributed by atoms with E-state index in [-0.39, 0.29) is 5.69 Å². The number of anilines is 2. The van der Waals surface area contributed by atoms with E-state index in [4.69, 9.17) is 4.74 Å². The molecular formula is C13H14F4N2O2. The normalized spacial score (nSPS) is 16.1. The minimum atomic E-state index is -4.71. The number of morpholine rings is 1. The van der Waals surface area contributed by atoms with Gasteiger partial charge in [0.05, 0.1) is 13.2 Å². The minimum Gasteiger partial charge on any atom is -0.378 e. The van der Waals surface area contributed by atoms with Gasteiger partial charge in [-0.2, -0.15) is 8.78 Å². The van der Waals surface area contributed by atoms with Crippen molar-refractivity contribution in [2.24, 2.45) is 0 Å². The number of alkyl halides is 4. The van der Waals surface area contributed by atoms with Gasteiger partial charge in [0.25, 0.3) is 0 Å². The zero-order valence-electron chi connectivity index (χ0n) is 11.0. The maximum atomic E-state index is 12.8. The SMILES string of the molecule is O=C(Nc1ccc(N2CCOCC2)cc1)C(F)(F)C(F)F. The smallest absolute Gasteiger partial charge is 0.378 e. The first-order chi connectivity index (χ1) is 9.91. The predicted octanol–water partition coefficient (Wildman–Crippen LogP) is 2.36. The van der Waals surface area contributed by atoms with Crippen molar-refractivity contribution >= 4 is 17.3 Å². The Balaban J connectivity index is 2.00. The molecule has 116 valence electrons. The lowest BCUT2D eigenvalue weighted by atomic mass is 10.2. The molecule has 0 unspecified atom stereocenters. The Morgan fingerprint density at radius 2 is 1.76 bits per heavy atom. The molecule has 0 aliphatic carbocycles. The van der Waals surface area contributed by atoms with Gasteiger partial charge in [0, 0.05) is 24.5 Å². The van der Waals surface area contributed by atoms with Crippen LogP contribution < -0.4 is 10.2 Å². The van der Waals surface area contributed by atoms with Crippen molar-refractivity contribution in [2.75, 3.05) is 36.5 Å². The van der Waals surface area contributed by atoms with Gasteiger partial charge in [-0.3, -0.25) is 4.79 Å². The molecule has 2 rings (SSSR count). The van der Waals surface area contributed by atoms with Gasteiger partial charge in [-0.25, -0.2) is 8.78 Å². The number of hydrogen-bond donors (Lipinski definition) is 1. The highest BCUT2D eigenvalue weighted by atomic mass is 19.3. The fourth-order valence-corrected chi connectivity index (χ4v) is 1.89. The third kappa shape index (κ3) is 3.63. The summed E-state index contributed by atoms with van der Waals surface area (Å²) in [5.74, 6) is -6.72. The van der Waals surface area contributed by atoms with Gasteiger partial charge in [0.1, 0.15) is 0 Å². The summed E-state index contributed by atoms with van der Waals surface area (Å²) >= 11 is 0. The first-order valence-corrected chi connectivity index (χ1v) is 6.31. The zero-order chi connectivity index (χ0) is 15.5. The Kier molecular flexibility index (Phi) is 4.66. The van der Waals surface area contributed by atoms with E-state index in [0.29, 0.717) is 26.3 Å². The van der Waals surface area contributed by atoms with Crippen LogP contribution in [-0.4, -0.2) is 44.6 Å². The van der Waals surface area contributed by atoms with E-state index in [1.54, 1.807) is 17.4 Å². The molecule has 0 atom stereocenters. The number of benzene rings is 1. The van der Waals surface area contributed by atoms with Crippen LogP contribution in [0.4, 0.5) is 28.9 Å². The Morgan fingerprint density at radius 3 is 2.29 bits per heavy atom. The molecule has 1 aromatic rings. The molecule has 8 heteroatoms. The molecule has 1 aliphatic heterocycles. The molecule has 0 spiro atoms. The molecule has 0 bridgehead atoms. The van der Waals surface area contributed by atoms with E-state index < -0.39 is 18.3 Å². The fourth-order valence-electron chi connectivity index (χ4n) is 1.89. The van der Waals surface area contributed by atoms with Gasteiger partial charge < -0.3 is 15.0 Å². The van der Waals surface area contributed by atoms with Crippen LogP contribution in [0.3, 0.4) is 0 Å². The van der Waals surface area contributed by atoms with Crippen LogP contribution in [0.25, 0.3) is 0 Å². The highest BCUT2D eigenvalue weighted by molar-refractivity contribution is 5.96. The molecule has 4 nitrogen and oxygen atoms in total. The summed E-state index contributed by atoms with van der Waals surface area (Å²) in [6.07, 6.45) is -4.04.